The number of hydrogen-bond acceptors (Lipinski definition) is 5. The number of carbonyl (C=O) groups excluding carboxylic acids is 3. The zero-order chi connectivity index (χ0) is 31.7. The Hall–Kier alpha value is -3.96. The summed E-state index contributed by atoms with van der Waals surface area (Å²) < 4.78 is 5.42. The summed E-state index contributed by atoms with van der Waals surface area (Å²) in [5.74, 6) is 2.19. The number of terminal acetylenes is 1. The maximum Gasteiger partial charge on any atom is 0.408 e. The van der Waals surface area contributed by atoms with E-state index in [4.69, 9.17) is 11.2 Å². The number of carbonyl (C=O) groups is 3. The van der Waals surface area contributed by atoms with Gasteiger partial charge in [-0.15, -0.1) is 6.42 Å². The van der Waals surface area contributed by atoms with E-state index in [-0.39, 0.29) is 17.7 Å². The number of nitrogens with one attached hydrogen (secondary N) is 2. The minimum Gasteiger partial charge on any atom is -0.444 e. The van der Waals surface area contributed by atoms with Gasteiger partial charge < -0.3 is 20.3 Å². The number of alkyl carbamates (subject to hydrolysis) is 1. The van der Waals surface area contributed by atoms with E-state index in [0.29, 0.717) is 29.2 Å². The lowest BCUT2D eigenvalue weighted by molar-refractivity contribution is -0.143. The van der Waals surface area contributed by atoms with Gasteiger partial charge in [0, 0.05) is 23.0 Å². The van der Waals surface area contributed by atoms with Crippen molar-refractivity contribution in [1.82, 2.24) is 10.2 Å². The quantitative estimate of drug-likeness (QED) is 0.164. The zero-order valence-electron chi connectivity index (χ0n) is 25.9. The Morgan fingerprint density at radius 2 is 1.60 bits per heavy atom. The first-order valence-corrected chi connectivity index (χ1v) is 15.2. The Morgan fingerprint density at radius 3 is 2.19 bits per heavy atom. The van der Waals surface area contributed by atoms with Crippen LogP contribution >= 0.6 is 12.6 Å². The van der Waals surface area contributed by atoms with Gasteiger partial charge in [-0.25, -0.2) is 4.79 Å². The van der Waals surface area contributed by atoms with Crippen LogP contribution < -0.4 is 10.6 Å². The lowest BCUT2D eigenvalue weighted by Gasteiger charge is -2.38. The summed E-state index contributed by atoms with van der Waals surface area (Å²) in [7, 11) is 0. The molecule has 3 aromatic rings. The molecule has 0 fully saturated rings. The molecule has 0 bridgehead atoms. The van der Waals surface area contributed by atoms with E-state index in [1.807, 2.05) is 49.4 Å². The van der Waals surface area contributed by atoms with Crippen molar-refractivity contribution < 1.29 is 19.1 Å². The van der Waals surface area contributed by atoms with Gasteiger partial charge in [0.2, 0.25) is 5.91 Å². The molecule has 0 spiro atoms. The predicted octanol–water partition coefficient (Wildman–Crippen LogP) is 6.98. The van der Waals surface area contributed by atoms with Crippen LogP contribution in [0.1, 0.15) is 71.6 Å². The predicted molar refractivity (Wildman–Crippen MR) is 177 cm³/mol. The molecule has 0 aliphatic carbocycles. The number of fused-ring (bicyclic) bond motifs is 1. The molecule has 3 atom stereocenters. The Kier molecular flexibility index (Phi) is 11.7. The SMILES string of the molecule is C#Cc1ccc(C(C(=O)Nc2ccc3ccccc3c2)N(C(=O)C(CS)NC(=O)OC(C)(C)C)C(C)CCC(C)C)cc1. The lowest BCUT2D eigenvalue weighted by Crippen LogP contribution is -2.55. The van der Waals surface area contributed by atoms with Crippen molar-refractivity contribution in [2.75, 3.05) is 11.1 Å². The first kappa shape index (κ1) is 33.5. The molecule has 43 heavy (non-hydrogen) atoms. The molecule has 8 heteroatoms. The first-order chi connectivity index (χ1) is 20.3. The van der Waals surface area contributed by atoms with Crippen molar-refractivity contribution in [3.05, 3.63) is 77.9 Å². The second-order valence-electron chi connectivity index (χ2n) is 12.2. The van der Waals surface area contributed by atoms with Crippen LogP contribution in [0.2, 0.25) is 0 Å². The highest BCUT2D eigenvalue weighted by Gasteiger charge is 2.38. The number of thiol groups is 1. The minimum atomic E-state index is -1.03. The van der Waals surface area contributed by atoms with Crippen LogP contribution in [0.25, 0.3) is 10.8 Å². The first-order valence-electron chi connectivity index (χ1n) is 14.6. The summed E-state index contributed by atoms with van der Waals surface area (Å²) in [5, 5.41) is 7.73. The lowest BCUT2D eigenvalue weighted by atomic mass is 9.96. The highest BCUT2D eigenvalue weighted by Crippen LogP contribution is 2.30. The van der Waals surface area contributed by atoms with Crippen LogP contribution in [0.5, 0.6) is 0 Å². The van der Waals surface area contributed by atoms with Gasteiger partial charge in [-0.2, -0.15) is 12.6 Å². The minimum absolute atomic E-state index is 0.0144. The molecule has 3 aromatic carbocycles. The van der Waals surface area contributed by atoms with E-state index in [1.54, 1.807) is 49.9 Å². The van der Waals surface area contributed by atoms with Crippen molar-refractivity contribution >= 4 is 47.0 Å². The van der Waals surface area contributed by atoms with Crippen LogP contribution in [0.4, 0.5) is 10.5 Å². The number of anilines is 1. The molecule has 3 rings (SSSR count). The molecule has 0 saturated heterocycles. The molecule has 228 valence electrons. The van der Waals surface area contributed by atoms with Crippen LogP contribution in [0.3, 0.4) is 0 Å². The fourth-order valence-electron chi connectivity index (χ4n) is 4.81. The van der Waals surface area contributed by atoms with E-state index in [1.165, 1.54) is 0 Å². The smallest absolute Gasteiger partial charge is 0.408 e. The summed E-state index contributed by atoms with van der Waals surface area (Å²) in [4.78, 5) is 42.8. The van der Waals surface area contributed by atoms with Gasteiger partial charge in [-0.05, 0) is 87.1 Å². The molecule has 0 radical (unpaired) electrons. The summed E-state index contributed by atoms with van der Waals surface area (Å²) >= 11 is 4.40. The van der Waals surface area contributed by atoms with Gasteiger partial charge >= 0.3 is 6.09 Å². The van der Waals surface area contributed by atoms with Gasteiger partial charge in [-0.1, -0.05) is 62.2 Å². The highest BCUT2D eigenvalue weighted by atomic mass is 32.1. The molecule has 0 aliphatic heterocycles. The molecule has 0 heterocycles. The Balaban J connectivity index is 2.07. The zero-order valence-corrected chi connectivity index (χ0v) is 26.8. The Bertz CT molecular complexity index is 1460. The fourth-order valence-corrected chi connectivity index (χ4v) is 5.05. The highest BCUT2D eigenvalue weighted by molar-refractivity contribution is 7.80. The van der Waals surface area contributed by atoms with Gasteiger partial charge in [-0.3, -0.25) is 9.59 Å². The summed E-state index contributed by atoms with van der Waals surface area (Å²) in [6.07, 6.45) is 6.36. The fraction of sp³-hybridized carbons (Fsp3) is 0.400. The van der Waals surface area contributed by atoms with Crippen LogP contribution in [-0.4, -0.2) is 46.2 Å². The van der Waals surface area contributed by atoms with Crippen LogP contribution in [0, 0.1) is 18.3 Å². The van der Waals surface area contributed by atoms with Crippen molar-refractivity contribution in [3.63, 3.8) is 0 Å². The molecule has 3 unspecified atom stereocenters. The maximum atomic E-state index is 14.3. The molecule has 2 N–H and O–H groups in total. The topological polar surface area (TPSA) is 87.7 Å². The normalized spacial score (nSPS) is 13.5. The Morgan fingerprint density at radius 1 is 0.953 bits per heavy atom. The average Bonchev–Trinajstić information content (AvgIpc) is 2.96. The van der Waals surface area contributed by atoms with Gasteiger partial charge in [0.25, 0.3) is 5.91 Å². The van der Waals surface area contributed by atoms with Crippen molar-refractivity contribution in [1.29, 1.82) is 0 Å². The van der Waals surface area contributed by atoms with Crippen molar-refractivity contribution in [3.8, 4) is 12.3 Å². The Labute approximate surface area is 261 Å². The van der Waals surface area contributed by atoms with Gasteiger partial charge in [0.1, 0.15) is 17.7 Å². The molecule has 0 aliphatic rings. The number of rotatable bonds is 11. The molecule has 3 amide bonds. The molecular weight excluding hydrogens is 558 g/mol. The second-order valence-corrected chi connectivity index (χ2v) is 12.5. The van der Waals surface area contributed by atoms with Gasteiger partial charge in [0.05, 0.1) is 0 Å². The van der Waals surface area contributed by atoms with E-state index < -0.39 is 29.7 Å². The standard InChI is InChI=1S/C35H43N3O4S/c1-8-25-15-17-27(18-16-25)31(32(39)36-29-20-19-26-11-9-10-12-28(26)21-29)38(24(4)14-13-23(2)3)33(40)30(22-43)37-34(41)42-35(5,6)7/h1,9-12,15-21,23-24,30-31,43H,13-14,22H2,2-7H3,(H,36,39)(H,37,41). The van der Waals surface area contributed by atoms with Crippen LogP contribution in [0.15, 0.2) is 66.7 Å². The summed E-state index contributed by atoms with van der Waals surface area (Å²) in [6.45, 7) is 11.4. The number of amides is 3. The third kappa shape index (κ3) is 9.52. The molecular formula is C35H43N3O4S. The van der Waals surface area contributed by atoms with E-state index in [0.717, 1.165) is 17.2 Å². The van der Waals surface area contributed by atoms with Crippen LogP contribution in [-0.2, 0) is 14.3 Å². The number of nitrogens with zero attached hydrogens (tertiary/aromatic N) is 1. The van der Waals surface area contributed by atoms with E-state index in [2.05, 4.69) is 43.0 Å². The largest absolute Gasteiger partial charge is 0.444 e. The van der Waals surface area contributed by atoms with Crippen molar-refractivity contribution in [2.24, 2.45) is 5.92 Å². The third-order valence-electron chi connectivity index (χ3n) is 7.00. The summed E-state index contributed by atoms with van der Waals surface area (Å²) in [5.41, 5.74) is 1.11. The molecule has 0 aromatic heterocycles. The van der Waals surface area contributed by atoms with E-state index >= 15 is 0 Å². The number of ether oxygens (including phenoxy) is 1. The molecule has 0 saturated carbocycles. The number of benzene rings is 3. The number of hydrogen-bond donors (Lipinski definition) is 3. The van der Waals surface area contributed by atoms with Crippen molar-refractivity contribution in [2.45, 2.75) is 78.1 Å². The average molecular weight is 602 g/mol. The van der Waals surface area contributed by atoms with Gasteiger partial charge in [0.15, 0.2) is 0 Å². The molecule has 7 nitrogen and oxygen atoms in total. The van der Waals surface area contributed by atoms with E-state index in [9.17, 15) is 14.4 Å². The summed E-state index contributed by atoms with van der Waals surface area (Å²) in [6, 6.07) is 18.2. The third-order valence-corrected chi connectivity index (χ3v) is 7.36. The monoisotopic (exact) mass is 601 g/mol. The maximum absolute atomic E-state index is 14.3. The second kappa shape index (κ2) is 15.0.